The van der Waals surface area contributed by atoms with Crippen LogP contribution >= 0.6 is 0 Å². The number of nitrogens with zero attached hydrogens (tertiary/aromatic N) is 2. The molecule has 1 fully saturated rings. The van der Waals surface area contributed by atoms with Crippen molar-refractivity contribution in [1.29, 1.82) is 5.26 Å². The van der Waals surface area contributed by atoms with Gasteiger partial charge in [-0.1, -0.05) is 54.6 Å². The zero-order valence-corrected chi connectivity index (χ0v) is 18.1. The summed E-state index contributed by atoms with van der Waals surface area (Å²) in [6, 6.07) is 28.3. The molecule has 5 aromatic carbocycles. The van der Waals surface area contributed by atoms with E-state index in [1.807, 2.05) is 12.1 Å². The van der Waals surface area contributed by atoms with Crippen LogP contribution in [0.4, 0.5) is 0 Å². The van der Waals surface area contributed by atoms with Crippen LogP contribution in [-0.2, 0) is 0 Å². The molecule has 1 heterocycles. The summed E-state index contributed by atoms with van der Waals surface area (Å²) in [5.74, 6) is 1.25. The molecule has 2 atom stereocenters. The first-order valence-corrected chi connectivity index (χ1v) is 11.8. The molecule has 1 aromatic heterocycles. The molecule has 8 rings (SSSR count). The molecule has 2 unspecified atom stereocenters. The minimum atomic E-state index is 0.610. The first-order valence-electron chi connectivity index (χ1n) is 11.8. The van der Waals surface area contributed by atoms with Crippen molar-refractivity contribution in [3.63, 3.8) is 0 Å². The van der Waals surface area contributed by atoms with Crippen LogP contribution in [0.1, 0.15) is 47.8 Å². The van der Waals surface area contributed by atoms with E-state index in [0.717, 1.165) is 16.8 Å². The van der Waals surface area contributed by atoms with Gasteiger partial charge in [-0.05, 0) is 87.4 Å². The van der Waals surface area contributed by atoms with Gasteiger partial charge in [-0.2, -0.15) is 5.26 Å². The first-order chi connectivity index (χ1) is 16.3. The molecule has 154 valence electrons. The Kier molecular flexibility index (Phi) is 3.24. The maximum absolute atomic E-state index is 9.27. The average Bonchev–Trinajstić information content (AvgIpc) is 3.50. The van der Waals surface area contributed by atoms with Gasteiger partial charge in [0.05, 0.1) is 22.8 Å². The number of fused-ring (bicyclic) bond motifs is 8. The Balaban J connectivity index is 1.56. The number of hydrogen-bond donors (Lipinski definition) is 0. The van der Waals surface area contributed by atoms with Gasteiger partial charge in [0.1, 0.15) is 0 Å². The SMILES string of the molecule is N#Cc1ccc(-c2nc3c(cc4ccc5cccc6ccc3c4c56)c3c2C2CCC3C2)cc1. The topological polar surface area (TPSA) is 36.7 Å². The molecule has 0 amide bonds. The fraction of sp³-hybridized carbons (Fsp3) is 0.161. The van der Waals surface area contributed by atoms with Crippen LogP contribution in [0.3, 0.4) is 0 Å². The third kappa shape index (κ3) is 2.20. The second kappa shape index (κ2) is 6.09. The Labute approximate surface area is 191 Å². The molecule has 0 radical (unpaired) electrons. The molecule has 0 aliphatic heterocycles. The van der Waals surface area contributed by atoms with Gasteiger partial charge in [-0.15, -0.1) is 0 Å². The number of pyridine rings is 1. The van der Waals surface area contributed by atoms with Gasteiger partial charge in [-0.25, -0.2) is 4.98 Å². The summed E-state index contributed by atoms with van der Waals surface area (Å²) in [6.45, 7) is 0. The van der Waals surface area contributed by atoms with Gasteiger partial charge >= 0.3 is 0 Å². The van der Waals surface area contributed by atoms with Gasteiger partial charge in [0.2, 0.25) is 0 Å². The Morgan fingerprint density at radius 3 is 2.24 bits per heavy atom. The summed E-state index contributed by atoms with van der Waals surface area (Å²) < 4.78 is 0. The van der Waals surface area contributed by atoms with E-state index >= 15 is 0 Å². The summed E-state index contributed by atoms with van der Waals surface area (Å²) in [7, 11) is 0. The van der Waals surface area contributed by atoms with Crippen LogP contribution < -0.4 is 0 Å². The van der Waals surface area contributed by atoms with Crippen molar-refractivity contribution >= 4 is 43.2 Å². The Hall–Kier alpha value is -3.96. The standard InChI is InChI=1S/C31H20N2/c32-16-17-4-6-20(7-5-17)30-29-22-11-10-21(14-22)28(29)25-15-23-9-8-18-2-1-3-19-12-13-24(31(25)33-30)27(23)26(18)19/h1-9,12-13,15,21-22H,10-11,14H2. The summed E-state index contributed by atoms with van der Waals surface area (Å²) in [5, 5.41) is 18.4. The van der Waals surface area contributed by atoms with Crippen LogP contribution in [-0.4, -0.2) is 4.98 Å². The Bertz CT molecular complexity index is 1790. The van der Waals surface area contributed by atoms with E-state index in [0.29, 0.717) is 17.4 Å². The lowest BCUT2D eigenvalue weighted by molar-refractivity contribution is 0.720. The van der Waals surface area contributed by atoms with E-state index in [-0.39, 0.29) is 0 Å². The lowest BCUT2D eigenvalue weighted by atomic mass is 9.84. The summed E-state index contributed by atoms with van der Waals surface area (Å²) >= 11 is 0. The molecule has 2 bridgehead atoms. The van der Waals surface area contributed by atoms with Crippen molar-refractivity contribution in [2.24, 2.45) is 0 Å². The minimum Gasteiger partial charge on any atom is -0.247 e. The second-order valence-corrected chi connectivity index (χ2v) is 9.81. The number of rotatable bonds is 1. The minimum absolute atomic E-state index is 0.610. The lowest BCUT2D eigenvalue weighted by Crippen LogP contribution is -2.05. The Morgan fingerprint density at radius 1 is 0.727 bits per heavy atom. The average molecular weight is 421 g/mol. The molecule has 0 spiro atoms. The number of aromatic nitrogens is 1. The summed E-state index contributed by atoms with van der Waals surface area (Å²) in [5.41, 5.74) is 7.10. The van der Waals surface area contributed by atoms with Crippen molar-refractivity contribution in [1.82, 2.24) is 4.98 Å². The predicted octanol–water partition coefficient (Wildman–Crippen LogP) is 8.04. The summed E-state index contributed by atoms with van der Waals surface area (Å²) in [4.78, 5) is 5.41. The molecule has 0 saturated heterocycles. The number of benzene rings is 5. The number of hydrogen-bond acceptors (Lipinski definition) is 2. The smallest absolute Gasteiger partial charge is 0.0991 e. The fourth-order valence-corrected chi connectivity index (χ4v) is 6.85. The highest BCUT2D eigenvalue weighted by molar-refractivity contribution is 6.28. The molecular formula is C31H20N2. The third-order valence-corrected chi connectivity index (χ3v) is 8.21. The zero-order chi connectivity index (χ0) is 21.7. The highest BCUT2D eigenvalue weighted by Crippen LogP contribution is 2.58. The van der Waals surface area contributed by atoms with E-state index in [2.05, 4.69) is 66.7 Å². The zero-order valence-electron chi connectivity index (χ0n) is 18.1. The Morgan fingerprint density at radius 2 is 1.45 bits per heavy atom. The molecule has 1 saturated carbocycles. The highest BCUT2D eigenvalue weighted by atomic mass is 14.7. The molecule has 33 heavy (non-hydrogen) atoms. The lowest BCUT2D eigenvalue weighted by Gasteiger charge is -2.22. The van der Waals surface area contributed by atoms with Gasteiger partial charge in [0, 0.05) is 16.3 Å². The third-order valence-electron chi connectivity index (χ3n) is 8.21. The van der Waals surface area contributed by atoms with Crippen LogP contribution in [0, 0.1) is 11.3 Å². The predicted molar refractivity (Wildman–Crippen MR) is 135 cm³/mol. The normalized spacial score (nSPS) is 19.1. The van der Waals surface area contributed by atoms with Crippen molar-refractivity contribution < 1.29 is 0 Å². The monoisotopic (exact) mass is 420 g/mol. The van der Waals surface area contributed by atoms with Gasteiger partial charge in [0.25, 0.3) is 0 Å². The van der Waals surface area contributed by atoms with E-state index < -0.39 is 0 Å². The van der Waals surface area contributed by atoms with Crippen molar-refractivity contribution in [3.05, 3.63) is 89.5 Å². The molecular weight excluding hydrogens is 400 g/mol. The van der Waals surface area contributed by atoms with E-state index in [4.69, 9.17) is 4.98 Å². The second-order valence-electron chi connectivity index (χ2n) is 9.81. The van der Waals surface area contributed by atoms with Gasteiger partial charge < -0.3 is 0 Å². The van der Waals surface area contributed by atoms with Crippen LogP contribution in [0.15, 0.2) is 72.8 Å². The van der Waals surface area contributed by atoms with Crippen molar-refractivity contribution in [3.8, 4) is 17.3 Å². The highest BCUT2D eigenvalue weighted by Gasteiger charge is 2.40. The van der Waals surface area contributed by atoms with E-state index in [9.17, 15) is 5.26 Å². The quantitative estimate of drug-likeness (QED) is 0.199. The van der Waals surface area contributed by atoms with E-state index in [1.165, 1.54) is 62.5 Å². The molecule has 6 aromatic rings. The first kappa shape index (κ1) is 17.6. The van der Waals surface area contributed by atoms with Crippen LogP contribution in [0.25, 0.3) is 54.5 Å². The maximum Gasteiger partial charge on any atom is 0.0991 e. The molecule has 0 N–H and O–H groups in total. The maximum atomic E-state index is 9.27. The fourth-order valence-electron chi connectivity index (χ4n) is 6.85. The molecule has 2 aliphatic carbocycles. The molecule has 2 heteroatoms. The van der Waals surface area contributed by atoms with Crippen LogP contribution in [0.2, 0.25) is 0 Å². The van der Waals surface area contributed by atoms with E-state index in [1.54, 1.807) is 5.56 Å². The molecule has 2 nitrogen and oxygen atoms in total. The van der Waals surface area contributed by atoms with Gasteiger partial charge in [-0.3, -0.25) is 0 Å². The van der Waals surface area contributed by atoms with Gasteiger partial charge in [0.15, 0.2) is 0 Å². The largest absolute Gasteiger partial charge is 0.247 e. The van der Waals surface area contributed by atoms with Crippen LogP contribution in [0.5, 0.6) is 0 Å². The summed E-state index contributed by atoms with van der Waals surface area (Å²) in [6.07, 6.45) is 3.81. The molecule has 2 aliphatic rings. The van der Waals surface area contributed by atoms with Crippen molar-refractivity contribution in [2.45, 2.75) is 31.1 Å². The van der Waals surface area contributed by atoms with Crippen molar-refractivity contribution in [2.75, 3.05) is 0 Å². The number of nitriles is 1.